The predicted octanol–water partition coefficient (Wildman–Crippen LogP) is 8.55. The summed E-state index contributed by atoms with van der Waals surface area (Å²) in [6.45, 7) is 26.4. The average molecular weight is 1030 g/mol. The standard InChI is InChI=1S/C55H85NO15Si/c1-15-24-61-53(58)68-49-35(7)25-41-52(57)65-40-26-39(69-54(29-40)23-22-34(6)48(70-54)31(3)16-2)21-20-33(5)47(32(4)18-17-19-38-30-62-51(49)55(38,41)71-72(12,13)14)66-45-28-43(60-11)50(37(9)64-45)67-44-27-42(59-10)46(56)36(8)63-44/h15,17-20,22-23,25,31-32,34,36-37,39-51H,1,16,21,24,26-30,56H2,2-14H3/b18-17+,33-20+,38-19-/t31-,32-,34-,36-,37-,39+,40-,41-,42-,43-,44-,45-,46+,47-,48+,49+,50-,51+,54+,55+/m0/s1. The summed E-state index contributed by atoms with van der Waals surface area (Å²) >= 11 is 0. The number of methoxy groups -OCH3 is 2. The Morgan fingerprint density at radius 2 is 1.64 bits per heavy atom. The van der Waals surface area contributed by atoms with Crippen molar-refractivity contribution in [3.8, 4) is 0 Å². The van der Waals surface area contributed by atoms with Crippen molar-refractivity contribution in [1.82, 2.24) is 0 Å². The van der Waals surface area contributed by atoms with Gasteiger partial charge < -0.3 is 67.0 Å². The average Bonchev–Trinajstić information content (AvgIpc) is 3.68. The third kappa shape index (κ3) is 12.6. The molecule has 20 atom stereocenters. The van der Waals surface area contributed by atoms with E-state index in [9.17, 15) is 4.79 Å². The number of allylic oxidation sites excluding steroid dienone is 2. The Hall–Kier alpha value is -3.04. The summed E-state index contributed by atoms with van der Waals surface area (Å²) < 4.78 is 84.3. The monoisotopic (exact) mass is 1030 g/mol. The lowest BCUT2D eigenvalue weighted by Gasteiger charge is -2.49. The van der Waals surface area contributed by atoms with Gasteiger partial charge in [-0.3, -0.25) is 4.79 Å². The van der Waals surface area contributed by atoms with Gasteiger partial charge in [-0.2, -0.15) is 0 Å². The Morgan fingerprint density at radius 3 is 2.33 bits per heavy atom. The Labute approximate surface area is 429 Å². The van der Waals surface area contributed by atoms with Crippen molar-refractivity contribution in [2.45, 2.75) is 211 Å². The zero-order chi connectivity index (χ0) is 52.3. The van der Waals surface area contributed by atoms with Gasteiger partial charge in [-0.25, -0.2) is 4.79 Å². The Bertz CT molecular complexity index is 2050. The summed E-state index contributed by atoms with van der Waals surface area (Å²) in [6.07, 6.45) is 11.6. The molecule has 6 aliphatic heterocycles. The van der Waals surface area contributed by atoms with E-state index in [4.69, 9.17) is 67.0 Å². The second kappa shape index (κ2) is 23.9. The van der Waals surface area contributed by atoms with Crippen LogP contribution in [-0.4, -0.2) is 145 Å². The summed E-state index contributed by atoms with van der Waals surface area (Å²) in [7, 11) is 0.778. The van der Waals surface area contributed by atoms with E-state index < -0.39 is 93.1 Å². The van der Waals surface area contributed by atoms with Crippen molar-refractivity contribution in [2.24, 2.45) is 29.4 Å². The van der Waals surface area contributed by atoms with Crippen molar-refractivity contribution in [3.05, 3.63) is 71.9 Å². The largest absolute Gasteiger partial charge is 0.509 e. The molecule has 6 heterocycles. The lowest BCUT2D eigenvalue weighted by molar-refractivity contribution is -0.311. The highest BCUT2D eigenvalue weighted by Gasteiger charge is 2.64. The molecule has 0 aromatic carbocycles. The van der Waals surface area contributed by atoms with Gasteiger partial charge in [-0.05, 0) is 82.5 Å². The first-order valence-corrected chi connectivity index (χ1v) is 29.7. The molecule has 0 aromatic heterocycles. The first kappa shape index (κ1) is 56.7. The minimum absolute atomic E-state index is 0.0308. The lowest BCUT2D eigenvalue weighted by atomic mass is 9.70. The zero-order valence-corrected chi connectivity index (χ0v) is 46.1. The van der Waals surface area contributed by atoms with E-state index in [1.807, 2.05) is 45.1 Å². The zero-order valence-electron chi connectivity index (χ0n) is 45.1. The van der Waals surface area contributed by atoms with Crippen LogP contribution in [0.15, 0.2) is 71.9 Å². The second-order valence-electron chi connectivity index (χ2n) is 22.2. The van der Waals surface area contributed by atoms with E-state index in [1.54, 1.807) is 14.2 Å². The molecule has 7 rings (SSSR count). The van der Waals surface area contributed by atoms with E-state index in [0.717, 1.165) is 12.0 Å². The molecule has 0 aromatic rings. The fourth-order valence-electron chi connectivity index (χ4n) is 11.7. The van der Waals surface area contributed by atoms with Gasteiger partial charge in [0.05, 0.1) is 55.4 Å². The van der Waals surface area contributed by atoms with Crippen molar-refractivity contribution >= 4 is 20.4 Å². The molecule has 0 saturated carbocycles. The fraction of sp³-hybridized carbons (Fsp3) is 0.745. The smallest absolute Gasteiger partial charge is 0.462 e. The summed E-state index contributed by atoms with van der Waals surface area (Å²) in [4.78, 5) is 28.4. The van der Waals surface area contributed by atoms with Crippen LogP contribution in [0.5, 0.6) is 0 Å². The van der Waals surface area contributed by atoms with Crippen molar-refractivity contribution in [1.29, 1.82) is 0 Å². The number of fused-ring (bicyclic) bond motifs is 2. The summed E-state index contributed by atoms with van der Waals surface area (Å²) in [5.74, 6) is -2.34. The van der Waals surface area contributed by atoms with Gasteiger partial charge in [0.1, 0.15) is 36.4 Å². The first-order chi connectivity index (χ1) is 34.1. The number of carbonyl (C=O) groups excluding carboxylic acids is 2. The number of hydrogen-bond acceptors (Lipinski definition) is 16. The number of ether oxygens (including phenoxy) is 12. The summed E-state index contributed by atoms with van der Waals surface area (Å²) in [5.41, 5.74) is 7.27. The maximum Gasteiger partial charge on any atom is 0.509 e. The van der Waals surface area contributed by atoms with Crippen LogP contribution >= 0.6 is 0 Å². The highest BCUT2D eigenvalue weighted by Crippen LogP contribution is 2.51. The Balaban J connectivity index is 1.26. The molecule has 404 valence electrons. The number of nitrogens with two attached hydrogens (primary N) is 1. The predicted molar refractivity (Wildman–Crippen MR) is 272 cm³/mol. The number of carbonyl (C=O) groups is 2. The van der Waals surface area contributed by atoms with Gasteiger partial charge in [-0.1, -0.05) is 83.2 Å². The quantitative estimate of drug-likeness (QED) is 0.105. The topological polar surface area (TPSA) is 180 Å². The first-order valence-electron chi connectivity index (χ1n) is 26.3. The van der Waals surface area contributed by atoms with Crippen molar-refractivity contribution in [2.75, 3.05) is 27.4 Å². The van der Waals surface area contributed by atoms with Gasteiger partial charge in [0, 0.05) is 51.7 Å². The SMILES string of the molecule is C=CCOC(=O)O[C@@H]1C(C)=C[C@H]2C(=O)O[C@H]3C[C@@H](C/C=C(\C)[C@@H](O[C@H]4C[C@H](OC)[C@@H](O[C@H]5C[C@H](OC)[C@H](N)[C@H](C)O5)[C@H](C)O4)[C@@H](C)/C=C/C=C4/CO[C@H]1[C@@]42O[Si](C)(C)C)O[C@@]1(C=C[C@H](C)[C@@H]([C@@H](C)CC)O1)C3. The Morgan fingerprint density at radius 1 is 0.931 bits per heavy atom. The van der Waals surface area contributed by atoms with Crippen LogP contribution in [0.25, 0.3) is 0 Å². The van der Waals surface area contributed by atoms with Crippen LogP contribution in [0.1, 0.15) is 93.9 Å². The third-order valence-electron chi connectivity index (χ3n) is 15.6. The lowest BCUT2D eigenvalue weighted by Crippen LogP contribution is -2.62. The van der Waals surface area contributed by atoms with Crippen LogP contribution in [0.4, 0.5) is 4.79 Å². The summed E-state index contributed by atoms with van der Waals surface area (Å²) in [5, 5.41) is 0. The molecule has 1 spiro atoms. The van der Waals surface area contributed by atoms with Crippen LogP contribution < -0.4 is 5.73 Å². The molecule has 72 heavy (non-hydrogen) atoms. The van der Waals surface area contributed by atoms with Crippen molar-refractivity contribution in [3.63, 3.8) is 0 Å². The normalized spacial score (nSPS) is 44.0. The molecule has 16 nitrogen and oxygen atoms in total. The van der Waals surface area contributed by atoms with E-state index in [0.29, 0.717) is 43.3 Å². The van der Waals surface area contributed by atoms with Crippen molar-refractivity contribution < 1.29 is 70.9 Å². The van der Waals surface area contributed by atoms with E-state index in [2.05, 4.69) is 79.1 Å². The number of rotatable bonds is 13. The van der Waals surface area contributed by atoms with Crippen LogP contribution in [0, 0.1) is 23.7 Å². The minimum atomic E-state index is -2.55. The second-order valence-corrected chi connectivity index (χ2v) is 26.6. The summed E-state index contributed by atoms with van der Waals surface area (Å²) in [6, 6.07) is -0.267. The maximum absolute atomic E-state index is 15.2. The van der Waals surface area contributed by atoms with E-state index in [1.165, 1.54) is 6.08 Å². The molecular weight excluding hydrogens is 943 g/mol. The number of esters is 1. The number of hydrogen-bond donors (Lipinski definition) is 1. The third-order valence-corrected chi connectivity index (χ3v) is 16.5. The van der Waals surface area contributed by atoms with Crippen LogP contribution in [0.3, 0.4) is 0 Å². The molecule has 4 fully saturated rings. The van der Waals surface area contributed by atoms with Crippen LogP contribution in [-0.2, 0) is 66.1 Å². The van der Waals surface area contributed by atoms with Gasteiger partial charge in [-0.15, -0.1) is 0 Å². The molecule has 1 aliphatic carbocycles. The molecule has 2 N–H and O–H groups in total. The minimum Gasteiger partial charge on any atom is -0.462 e. The molecule has 2 bridgehead atoms. The molecular formula is C55H85NO15Si. The van der Waals surface area contributed by atoms with Gasteiger partial charge in [0.15, 0.2) is 32.8 Å². The van der Waals surface area contributed by atoms with Gasteiger partial charge in [0.25, 0.3) is 0 Å². The molecule has 7 aliphatic rings. The highest BCUT2D eigenvalue weighted by molar-refractivity contribution is 6.69. The Kier molecular flexibility index (Phi) is 18.8. The van der Waals surface area contributed by atoms with Gasteiger partial charge >= 0.3 is 12.1 Å². The molecule has 0 radical (unpaired) electrons. The van der Waals surface area contributed by atoms with Crippen LogP contribution in [0.2, 0.25) is 19.6 Å². The maximum atomic E-state index is 15.2. The molecule has 0 unspecified atom stereocenters. The fourth-order valence-corrected chi connectivity index (χ4v) is 13.1. The van der Waals surface area contributed by atoms with E-state index >= 15 is 4.79 Å². The molecule has 0 amide bonds. The van der Waals surface area contributed by atoms with E-state index in [-0.39, 0.29) is 61.4 Å². The molecule has 4 saturated heterocycles. The highest BCUT2D eigenvalue weighted by atomic mass is 28.4. The van der Waals surface area contributed by atoms with Gasteiger partial charge in [0.2, 0.25) is 0 Å². The molecule has 17 heteroatoms.